The topological polar surface area (TPSA) is 64.7 Å². The van der Waals surface area contributed by atoms with Crippen molar-refractivity contribution in [2.75, 3.05) is 12.3 Å². The number of anilines is 1. The summed E-state index contributed by atoms with van der Waals surface area (Å²) in [6, 6.07) is 7.56. The van der Waals surface area contributed by atoms with Crippen molar-refractivity contribution < 1.29 is 14.6 Å². The third kappa shape index (κ3) is 2.23. The summed E-state index contributed by atoms with van der Waals surface area (Å²) in [5, 5.41) is 9.47. The van der Waals surface area contributed by atoms with Gasteiger partial charge in [-0.3, -0.25) is 0 Å². The van der Waals surface area contributed by atoms with Crippen molar-refractivity contribution in [2.24, 2.45) is 0 Å². The normalized spacial score (nSPS) is 26.4. The third-order valence-electron chi connectivity index (χ3n) is 3.61. The Balaban J connectivity index is 2.30. The number of rotatable bonds is 4. The highest BCUT2D eigenvalue weighted by atomic mass is 16.8. The number of ether oxygens (including phenoxy) is 2. The van der Waals surface area contributed by atoms with E-state index in [2.05, 4.69) is 0 Å². The molecule has 4 nitrogen and oxygen atoms in total. The maximum Gasteiger partial charge on any atom is 0.169 e. The van der Waals surface area contributed by atoms with Gasteiger partial charge < -0.3 is 20.3 Å². The fourth-order valence-electron chi connectivity index (χ4n) is 2.42. The van der Waals surface area contributed by atoms with E-state index in [9.17, 15) is 5.11 Å². The molecule has 4 heteroatoms. The Morgan fingerprint density at radius 3 is 2.44 bits per heavy atom. The summed E-state index contributed by atoms with van der Waals surface area (Å²) in [6.07, 6.45) is 0.859. The Bertz CT molecular complexity index is 404. The number of nitrogens with two attached hydrogens (primary N) is 1. The minimum Gasteiger partial charge on any atom is -0.398 e. The van der Waals surface area contributed by atoms with E-state index < -0.39 is 5.79 Å². The zero-order valence-corrected chi connectivity index (χ0v) is 10.9. The lowest BCUT2D eigenvalue weighted by Gasteiger charge is -2.25. The molecule has 0 bridgehead atoms. The number of hydrogen-bond donors (Lipinski definition) is 2. The number of para-hydroxylation sites is 1. The van der Waals surface area contributed by atoms with E-state index in [4.69, 9.17) is 15.2 Å². The lowest BCUT2D eigenvalue weighted by molar-refractivity contribution is -0.181. The molecule has 0 amide bonds. The van der Waals surface area contributed by atoms with Crippen molar-refractivity contribution in [2.45, 2.75) is 44.7 Å². The molecule has 1 fully saturated rings. The second-order valence-corrected chi connectivity index (χ2v) is 4.62. The maximum absolute atomic E-state index is 9.47. The molecule has 1 aliphatic rings. The van der Waals surface area contributed by atoms with Gasteiger partial charge in [0.05, 0.1) is 6.61 Å². The van der Waals surface area contributed by atoms with Crippen LogP contribution in [0.5, 0.6) is 0 Å². The van der Waals surface area contributed by atoms with Crippen LogP contribution in [0, 0.1) is 0 Å². The molecule has 2 rings (SSSR count). The van der Waals surface area contributed by atoms with Gasteiger partial charge in [0.25, 0.3) is 0 Å². The third-order valence-corrected chi connectivity index (χ3v) is 3.61. The largest absolute Gasteiger partial charge is 0.398 e. The Kier molecular flexibility index (Phi) is 3.90. The highest BCUT2D eigenvalue weighted by Gasteiger charge is 2.46. The van der Waals surface area contributed by atoms with Crippen molar-refractivity contribution in [3.8, 4) is 0 Å². The molecule has 1 saturated heterocycles. The molecule has 3 N–H and O–H groups in total. The van der Waals surface area contributed by atoms with Crippen molar-refractivity contribution in [3.63, 3.8) is 0 Å². The van der Waals surface area contributed by atoms with E-state index in [1.807, 2.05) is 38.1 Å². The summed E-state index contributed by atoms with van der Waals surface area (Å²) in [5.74, 6) is -0.597. The Morgan fingerprint density at radius 1 is 1.22 bits per heavy atom. The molecule has 0 aliphatic carbocycles. The average Bonchev–Trinajstić information content (AvgIpc) is 2.79. The average molecular weight is 251 g/mol. The molecular weight excluding hydrogens is 230 g/mol. The molecule has 1 aliphatic heterocycles. The van der Waals surface area contributed by atoms with Gasteiger partial charge in [-0.15, -0.1) is 0 Å². The van der Waals surface area contributed by atoms with Crippen molar-refractivity contribution in [1.82, 2.24) is 0 Å². The second-order valence-electron chi connectivity index (χ2n) is 4.62. The predicted octanol–water partition coefficient (Wildman–Crippen LogP) is 2.23. The van der Waals surface area contributed by atoms with Gasteiger partial charge in [-0.05, 0) is 18.9 Å². The van der Waals surface area contributed by atoms with Crippen molar-refractivity contribution in [1.29, 1.82) is 0 Å². The lowest BCUT2D eigenvalue weighted by atomic mass is 10.0. The number of hydrogen-bond acceptors (Lipinski definition) is 4. The molecule has 0 unspecified atom stereocenters. The van der Waals surface area contributed by atoms with Crippen LogP contribution >= 0.6 is 0 Å². The van der Waals surface area contributed by atoms with Gasteiger partial charge in [-0.1, -0.05) is 32.0 Å². The van der Waals surface area contributed by atoms with Gasteiger partial charge in [0.15, 0.2) is 5.79 Å². The maximum atomic E-state index is 9.47. The van der Waals surface area contributed by atoms with Crippen LogP contribution in [0.3, 0.4) is 0 Å². The highest BCUT2D eigenvalue weighted by molar-refractivity contribution is 5.48. The summed E-state index contributed by atoms with van der Waals surface area (Å²) in [5.41, 5.74) is 7.53. The van der Waals surface area contributed by atoms with Crippen LogP contribution < -0.4 is 5.73 Å². The standard InChI is InChI=1S/C14H21NO3/c1-3-14(4-2)17-12(9-16)13(18-14)10-7-5-6-8-11(10)15/h5-8,12-13,16H,3-4,9,15H2,1-2H3/t12-,13-/m1/s1. The molecule has 18 heavy (non-hydrogen) atoms. The van der Waals surface area contributed by atoms with Crippen LogP contribution in [-0.4, -0.2) is 23.6 Å². The first-order chi connectivity index (χ1) is 8.65. The Labute approximate surface area is 108 Å². The molecule has 0 spiro atoms. The Morgan fingerprint density at radius 2 is 1.89 bits per heavy atom. The molecule has 0 aromatic heterocycles. The molecule has 100 valence electrons. The van der Waals surface area contributed by atoms with E-state index in [1.165, 1.54) is 0 Å². The first kappa shape index (κ1) is 13.3. The quantitative estimate of drug-likeness (QED) is 0.805. The first-order valence-electron chi connectivity index (χ1n) is 6.46. The number of benzene rings is 1. The van der Waals surface area contributed by atoms with Gasteiger partial charge in [0, 0.05) is 11.3 Å². The summed E-state index contributed by atoms with van der Waals surface area (Å²) in [4.78, 5) is 0. The molecule has 2 atom stereocenters. The van der Waals surface area contributed by atoms with Crippen molar-refractivity contribution >= 4 is 5.69 Å². The van der Waals surface area contributed by atoms with Gasteiger partial charge in [0.2, 0.25) is 0 Å². The van der Waals surface area contributed by atoms with Gasteiger partial charge in [-0.2, -0.15) is 0 Å². The van der Waals surface area contributed by atoms with Crippen LogP contribution in [0.4, 0.5) is 5.69 Å². The van der Waals surface area contributed by atoms with Crippen LogP contribution in [0.15, 0.2) is 24.3 Å². The minimum atomic E-state index is -0.597. The van der Waals surface area contributed by atoms with Crippen LogP contribution in [0.2, 0.25) is 0 Å². The molecule has 0 radical (unpaired) electrons. The SMILES string of the molecule is CCC1(CC)O[C@H](c2ccccc2N)[C@@H](CO)O1. The van der Waals surface area contributed by atoms with Crippen LogP contribution in [-0.2, 0) is 9.47 Å². The number of aliphatic hydroxyl groups is 1. The van der Waals surface area contributed by atoms with Gasteiger partial charge >= 0.3 is 0 Å². The fourth-order valence-corrected chi connectivity index (χ4v) is 2.42. The van der Waals surface area contributed by atoms with E-state index in [1.54, 1.807) is 0 Å². The molecule has 1 heterocycles. The van der Waals surface area contributed by atoms with E-state index in [0.29, 0.717) is 5.69 Å². The van der Waals surface area contributed by atoms with Gasteiger partial charge in [-0.25, -0.2) is 0 Å². The Hall–Kier alpha value is -1.10. The molecule has 0 saturated carbocycles. The summed E-state index contributed by atoms with van der Waals surface area (Å²) < 4.78 is 11.9. The monoisotopic (exact) mass is 251 g/mol. The van der Waals surface area contributed by atoms with Crippen LogP contribution in [0.25, 0.3) is 0 Å². The fraction of sp³-hybridized carbons (Fsp3) is 0.571. The minimum absolute atomic E-state index is 0.0687. The van der Waals surface area contributed by atoms with E-state index in [0.717, 1.165) is 18.4 Å². The van der Waals surface area contributed by atoms with Crippen molar-refractivity contribution in [3.05, 3.63) is 29.8 Å². The lowest BCUT2D eigenvalue weighted by Crippen LogP contribution is -2.29. The smallest absolute Gasteiger partial charge is 0.169 e. The van der Waals surface area contributed by atoms with Crippen LogP contribution in [0.1, 0.15) is 38.4 Å². The van der Waals surface area contributed by atoms with Gasteiger partial charge in [0.1, 0.15) is 12.2 Å². The second kappa shape index (κ2) is 5.26. The highest BCUT2D eigenvalue weighted by Crippen LogP contribution is 2.43. The number of aliphatic hydroxyl groups excluding tert-OH is 1. The summed E-state index contributed by atoms with van der Waals surface area (Å²) in [6.45, 7) is 3.98. The molecule has 1 aromatic rings. The zero-order valence-electron chi connectivity index (χ0n) is 10.9. The van der Waals surface area contributed by atoms with E-state index >= 15 is 0 Å². The first-order valence-corrected chi connectivity index (χ1v) is 6.46. The zero-order chi connectivity index (χ0) is 13.2. The summed E-state index contributed by atoms with van der Waals surface area (Å²) in [7, 11) is 0. The summed E-state index contributed by atoms with van der Waals surface area (Å²) >= 11 is 0. The number of nitrogen functional groups attached to an aromatic ring is 1. The van der Waals surface area contributed by atoms with E-state index in [-0.39, 0.29) is 18.8 Å². The predicted molar refractivity (Wildman–Crippen MR) is 70.0 cm³/mol. The molecular formula is C14H21NO3. The molecule has 1 aromatic carbocycles.